The van der Waals surface area contributed by atoms with Crippen molar-refractivity contribution in [1.82, 2.24) is 0 Å². The lowest BCUT2D eigenvalue weighted by Crippen LogP contribution is -2.59. The van der Waals surface area contributed by atoms with E-state index >= 15 is 0 Å². The Balaban J connectivity index is 1.69. The van der Waals surface area contributed by atoms with E-state index < -0.39 is 24.8 Å². The molecule has 2 saturated heterocycles. The summed E-state index contributed by atoms with van der Waals surface area (Å²) in [5.74, 6) is -0.185. The van der Waals surface area contributed by atoms with Crippen LogP contribution in [0.1, 0.15) is 18.8 Å². The molecule has 5 heteroatoms. The van der Waals surface area contributed by atoms with E-state index in [1.807, 2.05) is 37.3 Å². The summed E-state index contributed by atoms with van der Waals surface area (Å²) in [6, 6.07) is 9.70. The second-order valence-electron chi connectivity index (χ2n) is 5.69. The quantitative estimate of drug-likeness (QED) is 0.863. The molecule has 2 aliphatic rings. The molecule has 1 aromatic rings. The van der Waals surface area contributed by atoms with E-state index in [9.17, 15) is 5.11 Å². The van der Waals surface area contributed by atoms with Crippen LogP contribution in [0.5, 0.6) is 0 Å². The minimum absolute atomic E-state index is 0.185. The van der Waals surface area contributed by atoms with Crippen molar-refractivity contribution in [3.63, 3.8) is 0 Å². The largest absolute Gasteiger partial charge is 0.390 e. The summed E-state index contributed by atoms with van der Waals surface area (Å²) in [6.45, 7) is 6.26. The molecule has 0 bridgehead atoms. The highest BCUT2D eigenvalue weighted by Gasteiger charge is 2.47. The van der Waals surface area contributed by atoms with Crippen LogP contribution in [0.25, 0.3) is 0 Å². The minimum Gasteiger partial charge on any atom is -0.390 e. The second-order valence-corrected chi connectivity index (χ2v) is 5.69. The van der Waals surface area contributed by atoms with Crippen molar-refractivity contribution in [2.75, 3.05) is 13.2 Å². The van der Waals surface area contributed by atoms with E-state index in [-0.39, 0.29) is 12.0 Å². The van der Waals surface area contributed by atoms with Crippen LogP contribution in [-0.2, 0) is 18.9 Å². The van der Waals surface area contributed by atoms with Gasteiger partial charge in [-0.15, -0.1) is 6.58 Å². The van der Waals surface area contributed by atoms with Crippen molar-refractivity contribution in [2.24, 2.45) is 5.92 Å². The third kappa shape index (κ3) is 3.09. The van der Waals surface area contributed by atoms with Crippen LogP contribution in [0.2, 0.25) is 0 Å². The van der Waals surface area contributed by atoms with E-state index in [0.29, 0.717) is 13.2 Å². The van der Waals surface area contributed by atoms with Gasteiger partial charge in [-0.3, -0.25) is 0 Å². The van der Waals surface area contributed by atoms with E-state index in [4.69, 9.17) is 18.9 Å². The smallest absolute Gasteiger partial charge is 0.184 e. The molecule has 0 spiro atoms. The molecule has 0 aliphatic carbocycles. The average molecular weight is 306 g/mol. The standard InChI is InChI=1S/C17H22O5/c1-3-9-19-16-11(2)14(18)15-13(21-16)10-20-17(22-15)12-7-5-4-6-8-12/h3-8,11,13-18H,1,9-10H2,2H3/t11?,13?,14-,15+,16+,17?/m1/s1. The third-order valence-electron chi connectivity index (χ3n) is 4.12. The Morgan fingerprint density at radius 3 is 2.82 bits per heavy atom. The Bertz CT molecular complexity index is 489. The van der Waals surface area contributed by atoms with Crippen molar-refractivity contribution in [2.45, 2.75) is 37.8 Å². The summed E-state index contributed by atoms with van der Waals surface area (Å²) in [7, 11) is 0. The summed E-state index contributed by atoms with van der Waals surface area (Å²) in [5, 5.41) is 10.5. The molecule has 6 atom stereocenters. The number of rotatable bonds is 4. The maximum atomic E-state index is 10.5. The zero-order chi connectivity index (χ0) is 15.5. The fourth-order valence-electron chi connectivity index (χ4n) is 2.86. The number of fused-ring (bicyclic) bond motifs is 1. The number of hydrogen-bond donors (Lipinski definition) is 1. The van der Waals surface area contributed by atoms with Gasteiger partial charge in [-0.25, -0.2) is 0 Å². The maximum absolute atomic E-state index is 10.5. The van der Waals surface area contributed by atoms with Crippen LogP contribution in [0, 0.1) is 5.92 Å². The van der Waals surface area contributed by atoms with Gasteiger partial charge in [-0.2, -0.15) is 0 Å². The molecular formula is C17H22O5. The second kappa shape index (κ2) is 6.89. The van der Waals surface area contributed by atoms with Gasteiger partial charge in [0.25, 0.3) is 0 Å². The van der Waals surface area contributed by atoms with E-state index in [2.05, 4.69) is 6.58 Å². The van der Waals surface area contributed by atoms with E-state index in [1.165, 1.54) is 0 Å². The van der Waals surface area contributed by atoms with Crippen molar-refractivity contribution in [3.05, 3.63) is 48.6 Å². The Hall–Kier alpha value is -1.24. The molecule has 5 nitrogen and oxygen atoms in total. The Kier molecular flexibility index (Phi) is 4.90. The number of aliphatic hydroxyl groups excluding tert-OH is 1. The van der Waals surface area contributed by atoms with Gasteiger partial charge in [0.1, 0.15) is 12.2 Å². The van der Waals surface area contributed by atoms with Gasteiger partial charge >= 0.3 is 0 Å². The van der Waals surface area contributed by atoms with Gasteiger partial charge in [-0.05, 0) is 0 Å². The number of aliphatic hydroxyl groups is 1. The third-order valence-corrected chi connectivity index (χ3v) is 4.12. The fourth-order valence-corrected chi connectivity index (χ4v) is 2.86. The molecule has 2 fully saturated rings. The van der Waals surface area contributed by atoms with Crippen LogP contribution in [0.3, 0.4) is 0 Å². The van der Waals surface area contributed by atoms with Gasteiger partial charge < -0.3 is 24.1 Å². The molecule has 3 unspecified atom stereocenters. The summed E-state index contributed by atoms with van der Waals surface area (Å²) in [5.41, 5.74) is 0.936. The molecule has 120 valence electrons. The molecule has 0 radical (unpaired) electrons. The topological polar surface area (TPSA) is 57.2 Å². The van der Waals surface area contributed by atoms with Gasteiger partial charge in [0.15, 0.2) is 12.6 Å². The first kappa shape index (κ1) is 15.6. The van der Waals surface area contributed by atoms with E-state index in [1.54, 1.807) is 6.08 Å². The molecule has 1 N–H and O–H groups in total. The number of benzene rings is 1. The van der Waals surface area contributed by atoms with Gasteiger partial charge in [0, 0.05) is 11.5 Å². The number of hydrogen-bond acceptors (Lipinski definition) is 5. The normalized spacial score (nSPS) is 38.3. The molecular weight excluding hydrogens is 284 g/mol. The van der Waals surface area contributed by atoms with E-state index in [0.717, 1.165) is 5.56 Å². The summed E-state index contributed by atoms with van der Waals surface area (Å²) in [4.78, 5) is 0. The maximum Gasteiger partial charge on any atom is 0.184 e. The summed E-state index contributed by atoms with van der Waals surface area (Å²) < 4.78 is 23.1. The van der Waals surface area contributed by atoms with Crippen LogP contribution in [0.4, 0.5) is 0 Å². The number of ether oxygens (including phenoxy) is 4. The lowest BCUT2D eigenvalue weighted by molar-refractivity contribution is -0.350. The first-order valence-corrected chi connectivity index (χ1v) is 7.58. The first-order valence-electron chi connectivity index (χ1n) is 7.58. The Labute approximate surface area is 130 Å². The molecule has 2 aliphatic heterocycles. The molecule has 22 heavy (non-hydrogen) atoms. The SMILES string of the molecule is C=CCO[C@H]1OC2COC(c3ccccc3)O[C@@H]2[C@H](O)C1C. The fraction of sp³-hybridized carbons (Fsp3) is 0.529. The van der Waals surface area contributed by atoms with Gasteiger partial charge in [0.2, 0.25) is 0 Å². The van der Waals surface area contributed by atoms with Crippen molar-refractivity contribution >= 4 is 0 Å². The monoisotopic (exact) mass is 306 g/mol. The van der Waals surface area contributed by atoms with Crippen LogP contribution in [0.15, 0.2) is 43.0 Å². The van der Waals surface area contributed by atoms with Crippen molar-refractivity contribution in [3.8, 4) is 0 Å². The van der Waals surface area contributed by atoms with Crippen LogP contribution >= 0.6 is 0 Å². The predicted molar refractivity (Wildman–Crippen MR) is 80.0 cm³/mol. The first-order chi connectivity index (χ1) is 10.7. The van der Waals surface area contributed by atoms with Gasteiger partial charge in [-0.1, -0.05) is 43.3 Å². The molecule has 2 heterocycles. The molecule has 0 saturated carbocycles. The Morgan fingerprint density at radius 1 is 1.32 bits per heavy atom. The lowest BCUT2D eigenvalue weighted by Gasteiger charge is -2.46. The predicted octanol–water partition coefficient (Wildman–Crippen LogP) is 2.03. The zero-order valence-corrected chi connectivity index (χ0v) is 12.6. The summed E-state index contributed by atoms with van der Waals surface area (Å²) >= 11 is 0. The Morgan fingerprint density at radius 2 is 2.09 bits per heavy atom. The highest BCUT2D eigenvalue weighted by atomic mass is 16.7. The average Bonchev–Trinajstić information content (AvgIpc) is 2.57. The molecule has 3 rings (SSSR count). The highest BCUT2D eigenvalue weighted by molar-refractivity contribution is 5.16. The summed E-state index contributed by atoms with van der Waals surface area (Å²) in [6.07, 6.45) is -0.705. The zero-order valence-electron chi connectivity index (χ0n) is 12.6. The van der Waals surface area contributed by atoms with Crippen molar-refractivity contribution < 1.29 is 24.1 Å². The molecule has 0 amide bonds. The van der Waals surface area contributed by atoms with Crippen LogP contribution < -0.4 is 0 Å². The molecule has 1 aromatic carbocycles. The lowest BCUT2D eigenvalue weighted by atomic mass is 9.91. The molecule has 0 aromatic heterocycles. The van der Waals surface area contributed by atoms with Crippen molar-refractivity contribution in [1.29, 1.82) is 0 Å². The van der Waals surface area contributed by atoms with Gasteiger partial charge in [0.05, 0.1) is 19.3 Å². The van der Waals surface area contributed by atoms with Crippen LogP contribution in [-0.4, -0.2) is 42.9 Å². The minimum atomic E-state index is -0.663. The highest BCUT2D eigenvalue weighted by Crippen LogP contribution is 2.36.